The second-order valence-corrected chi connectivity index (χ2v) is 8.05. The summed E-state index contributed by atoms with van der Waals surface area (Å²) in [6.45, 7) is 0.330. The summed E-state index contributed by atoms with van der Waals surface area (Å²) in [5.74, 6) is -3.13. The van der Waals surface area contributed by atoms with Gasteiger partial charge in [0.15, 0.2) is 0 Å². The number of aliphatic carboxylic acids is 1. The maximum atomic E-state index is 12.9. The van der Waals surface area contributed by atoms with Crippen LogP contribution in [0, 0.1) is 0 Å². The van der Waals surface area contributed by atoms with Crippen molar-refractivity contribution in [3.63, 3.8) is 0 Å². The van der Waals surface area contributed by atoms with Crippen molar-refractivity contribution in [3.05, 3.63) is 29.8 Å². The lowest BCUT2D eigenvalue weighted by molar-refractivity contribution is -0.142. The van der Waals surface area contributed by atoms with Gasteiger partial charge in [-0.2, -0.15) is 12.6 Å². The van der Waals surface area contributed by atoms with E-state index >= 15 is 0 Å². The van der Waals surface area contributed by atoms with Gasteiger partial charge in [-0.1, -0.05) is 12.1 Å². The molecule has 0 aromatic heterocycles. The Morgan fingerprint density at radius 2 is 1.38 bits per heavy atom. The van der Waals surface area contributed by atoms with Crippen LogP contribution in [0.2, 0.25) is 0 Å². The number of nitrogens with one attached hydrogen (secondary N) is 3. The van der Waals surface area contributed by atoms with E-state index in [2.05, 4.69) is 28.6 Å². The summed E-state index contributed by atoms with van der Waals surface area (Å²) in [7, 11) is 0. The first-order valence-electron chi connectivity index (χ1n) is 10.8. The predicted molar refractivity (Wildman–Crippen MR) is 129 cm³/mol. The SMILES string of the molecule is NCCC[C@H](NC(=O)[C@H](CCN)NC(=O)[C@@H](N)CS)C(=O)N[C@@H](Cc1ccc(O)cc1)C(=O)O. The standard InChI is InChI=1S/C21H34N6O6S/c22-8-1-2-15(26-20(31)16(7-9-23)25-18(29)14(24)11-34)19(30)27-17(21(32)33)10-12-3-5-13(28)6-4-12/h3-6,14-17,28,34H,1-2,7-11,22-24H2,(H,25,29)(H,26,31)(H,27,30)(H,32,33)/t14-,15-,16-,17-/m0/s1. The molecule has 0 radical (unpaired) electrons. The van der Waals surface area contributed by atoms with E-state index in [9.17, 15) is 29.4 Å². The minimum Gasteiger partial charge on any atom is -0.508 e. The van der Waals surface area contributed by atoms with Gasteiger partial charge in [0.1, 0.15) is 23.9 Å². The third-order valence-corrected chi connectivity index (χ3v) is 5.34. The number of carboxylic acid groups (broad SMARTS) is 1. The van der Waals surface area contributed by atoms with Gasteiger partial charge in [-0.05, 0) is 50.0 Å². The Kier molecular flexibility index (Phi) is 13.0. The monoisotopic (exact) mass is 498 g/mol. The molecule has 0 saturated heterocycles. The number of amides is 3. The van der Waals surface area contributed by atoms with Crippen LogP contribution in [-0.4, -0.2) is 76.9 Å². The third kappa shape index (κ3) is 9.95. The summed E-state index contributed by atoms with van der Waals surface area (Å²) < 4.78 is 0. The number of hydrogen-bond donors (Lipinski definition) is 9. The van der Waals surface area contributed by atoms with Crippen LogP contribution in [0.3, 0.4) is 0 Å². The van der Waals surface area contributed by atoms with Gasteiger partial charge in [0.25, 0.3) is 0 Å². The van der Waals surface area contributed by atoms with Crippen molar-refractivity contribution in [3.8, 4) is 5.75 Å². The molecule has 11 N–H and O–H groups in total. The molecule has 1 aromatic carbocycles. The number of aromatic hydroxyl groups is 1. The molecule has 4 atom stereocenters. The van der Waals surface area contributed by atoms with E-state index < -0.39 is 47.9 Å². The van der Waals surface area contributed by atoms with Gasteiger partial charge in [-0.15, -0.1) is 0 Å². The molecular weight excluding hydrogens is 464 g/mol. The lowest BCUT2D eigenvalue weighted by Gasteiger charge is -2.25. The smallest absolute Gasteiger partial charge is 0.326 e. The van der Waals surface area contributed by atoms with Crippen molar-refractivity contribution in [1.29, 1.82) is 0 Å². The van der Waals surface area contributed by atoms with Crippen LogP contribution >= 0.6 is 12.6 Å². The highest BCUT2D eigenvalue weighted by atomic mass is 32.1. The minimum atomic E-state index is -1.28. The van der Waals surface area contributed by atoms with Crippen molar-refractivity contribution in [2.45, 2.75) is 49.9 Å². The van der Waals surface area contributed by atoms with E-state index in [4.69, 9.17) is 17.2 Å². The van der Waals surface area contributed by atoms with Gasteiger partial charge in [0.2, 0.25) is 17.7 Å². The zero-order chi connectivity index (χ0) is 25.7. The Hall–Kier alpha value is -2.87. The Balaban J connectivity index is 2.93. The Morgan fingerprint density at radius 3 is 1.88 bits per heavy atom. The summed E-state index contributed by atoms with van der Waals surface area (Å²) >= 11 is 3.95. The Morgan fingerprint density at radius 1 is 0.853 bits per heavy atom. The van der Waals surface area contributed by atoms with E-state index in [0.717, 1.165) is 0 Å². The quantitative estimate of drug-likeness (QED) is 0.120. The lowest BCUT2D eigenvalue weighted by atomic mass is 10.0. The number of nitrogens with two attached hydrogens (primary N) is 3. The molecule has 12 nitrogen and oxygen atoms in total. The van der Waals surface area contributed by atoms with Crippen molar-refractivity contribution in [2.75, 3.05) is 18.8 Å². The van der Waals surface area contributed by atoms with Gasteiger partial charge in [0.05, 0.1) is 6.04 Å². The Labute approximate surface area is 203 Å². The van der Waals surface area contributed by atoms with Gasteiger partial charge in [0, 0.05) is 12.2 Å². The number of benzene rings is 1. The summed E-state index contributed by atoms with van der Waals surface area (Å²) in [6.07, 6.45) is 0.596. The molecule has 0 spiro atoms. The maximum absolute atomic E-state index is 12.9. The number of carbonyl (C=O) groups excluding carboxylic acids is 3. The Bertz CT molecular complexity index is 824. The first-order valence-corrected chi connectivity index (χ1v) is 11.4. The molecule has 0 aliphatic heterocycles. The van der Waals surface area contributed by atoms with Gasteiger partial charge in [-0.3, -0.25) is 14.4 Å². The van der Waals surface area contributed by atoms with Gasteiger partial charge >= 0.3 is 5.97 Å². The average molecular weight is 499 g/mol. The van der Waals surface area contributed by atoms with Crippen molar-refractivity contribution in [2.24, 2.45) is 17.2 Å². The molecule has 0 heterocycles. The molecule has 1 aromatic rings. The van der Waals surface area contributed by atoms with Crippen molar-refractivity contribution >= 4 is 36.3 Å². The lowest BCUT2D eigenvalue weighted by Crippen LogP contribution is -2.57. The largest absolute Gasteiger partial charge is 0.508 e. The van der Waals surface area contributed by atoms with Gasteiger partial charge in [-0.25, -0.2) is 4.79 Å². The second kappa shape index (κ2) is 15.1. The molecule has 0 aliphatic carbocycles. The molecule has 0 fully saturated rings. The molecule has 0 unspecified atom stereocenters. The van der Waals surface area contributed by atoms with Crippen LogP contribution in [-0.2, 0) is 25.6 Å². The molecule has 34 heavy (non-hydrogen) atoms. The average Bonchev–Trinajstić information content (AvgIpc) is 2.81. The molecule has 0 bridgehead atoms. The van der Waals surface area contributed by atoms with E-state index in [1.54, 1.807) is 12.1 Å². The number of thiol groups is 1. The van der Waals surface area contributed by atoms with Crippen LogP contribution in [0.4, 0.5) is 0 Å². The summed E-state index contributed by atoms with van der Waals surface area (Å²) in [5, 5.41) is 26.4. The molecule has 1 rings (SSSR count). The second-order valence-electron chi connectivity index (χ2n) is 7.69. The van der Waals surface area contributed by atoms with Gasteiger partial charge < -0.3 is 43.4 Å². The van der Waals surface area contributed by atoms with E-state index in [1.807, 2.05) is 0 Å². The number of phenols is 1. The normalized spacial score (nSPS) is 14.4. The fourth-order valence-electron chi connectivity index (χ4n) is 3.00. The number of hydrogen-bond acceptors (Lipinski definition) is 9. The summed E-state index contributed by atoms with van der Waals surface area (Å²) in [5.41, 5.74) is 17.3. The fraction of sp³-hybridized carbons (Fsp3) is 0.524. The highest BCUT2D eigenvalue weighted by Crippen LogP contribution is 2.12. The fourth-order valence-corrected chi connectivity index (χ4v) is 3.17. The summed E-state index contributed by atoms with van der Waals surface area (Å²) in [6, 6.07) is 1.57. The molecule has 13 heteroatoms. The van der Waals surface area contributed by atoms with Crippen LogP contribution in [0.5, 0.6) is 5.75 Å². The van der Waals surface area contributed by atoms with Crippen LogP contribution < -0.4 is 33.2 Å². The predicted octanol–water partition coefficient (Wildman–Crippen LogP) is -2.18. The highest BCUT2D eigenvalue weighted by Gasteiger charge is 2.29. The first-order chi connectivity index (χ1) is 16.1. The summed E-state index contributed by atoms with van der Waals surface area (Å²) in [4.78, 5) is 49.5. The highest BCUT2D eigenvalue weighted by molar-refractivity contribution is 7.80. The third-order valence-electron chi connectivity index (χ3n) is 4.94. The van der Waals surface area contributed by atoms with Crippen LogP contribution in [0.1, 0.15) is 24.8 Å². The minimum absolute atomic E-state index is 0.0265. The molecule has 190 valence electrons. The molecular formula is C21H34N6O6S. The zero-order valence-corrected chi connectivity index (χ0v) is 19.7. The topological polar surface area (TPSA) is 223 Å². The number of rotatable bonds is 15. The molecule has 3 amide bonds. The molecule has 0 aliphatic rings. The van der Waals surface area contributed by atoms with Crippen molar-refractivity contribution < 1.29 is 29.4 Å². The number of phenolic OH excluding ortho intramolecular Hbond substituents is 1. The number of carbonyl (C=O) groups is 4. The van der Waals surface area contributed by atoms with Crippen molar-refractivity contribution in [1.82, 2.24) is 16.0 Å². The van der Waals surface area contributed by atoms with E-state index in [0.29, 0.717) is 12.0 Å². The number of carboxylic acids is 1. The maximum Gasteiger partial charge on any atom is 0.326 e. The van der Waals surface area contributed by atoms with Crippen LogP contribution in [0.15, 0.2) is 24.3 Å². The first kappa shape index (κ1) is 29.2. The zero-order valence-electron chi connectivity index (χ0n) is 18.8. The van der Waals surface area contributed by atoms with Crippen LogP contribution in [0.25, 0.3) is 0 Å². The van der Waals surface area contributed by atoms with E-state index in [1.165, 1.54) is 12.1 Å². The molecule has 0 saturated carbocycles. The van der Waals surface area contributed by atoms with E-state index in [-0.39, 0.29) is 43.9 Å².